The van der Waals surface area contributed by atoms with Gasteiger partial charge in [-0.15, -0.1) is 0 Å². The molecule has 0 aromatic heterocycles. The minimum atomic E-state index is -3.05. The van der Waals surface area contributed by atoms with Gasteiger partial charge in [0, 0.05) is 12.0 Å². The molecule has 1 aliphatic rings. The van der Waals surface area contributed by atoms with E-state index in [1.54, 1.807) is 6.07 Å². The van der Waals surface area contributed by atoms with E-state index in [-0.39, 0.29) is 28.9 Å². The van der Waals surface area contributed by atoms with Crippen LogP contribution in [-0.4, -0.2) is 30.1 Å². The van der Waals surface area contributed by atoms with Crippen LogP contribution in [0.25, 0.3) is 0 Å². The first-order valence-electron chi connectivity index (χ1n) is 10.4. The van der Waals surface area contributed by atoms with Crippen LogP contribution in [0.4, 0.5) is 0 Å². The van der Waals surface area contributed by atoms with Crippen molar-refractivity contribution in [1.82, 2.24) is 0 Å². The summed E-state index contributed by atoms with van der Waals surface area (Å²) in [5, 5.41) is 19.0. The third-order valence-corrected chi connectivity index (χ3v) is 7.58. The van der Waals surface area contributed by atoms with Crippen molar-refractivity contribution >= 4 is 9.84 Å². The van der Waals surface area contributed by atoms with Crippen molar-refractivity contribution in [2.75, 3.05) is 11.5 Å². The number of phenolic OH excluding ortho intramolecular Hbond substituents is 2. The molecule has 2 N–H and O–H groups in total. The molecule has 0 fully saturated rings. The Kier molecular flexibility index (Phi) is 7.08. The average Bonchev–Trinajstić information content (AvgIpc) is 2.71. The van der Waals surface area contributed by atoms with Gasteiger partial charge in [-0.2, -0.15) is 0 Å². The van der Waals surface area contributed by atoms with Gasteiger partial charge in [0.2, 0.25) is 0 Å². The van der Waals surface area contributed by atoms with Crippen molar-refractivity contribution in [3.05, 3.63) is 59.2 Å². The van der Waals surface area contributed by atoms with E-state index in [4.69, 9.17) is 4.74 Å². The SMILES string of the molecule is C/C1=C(/C)C(c2ccc(Oc3ccc(O)c(O)c3)cc2)CCCCCCS(=O)(=O)C1. The van der Waals surface area contributed by atoms with Crippen LogP contribution in [0.15, 0.2) is 53.6 Å². The van der Waals surface area contributed by atoms with Gasteiger partial charge in [0.15, 0.2) is 21.3 Å². The highest BCUT2D eigenvalue weighted by molar-refractivity contribution is 7.91. The third kappa shape index (κ3) is 5.79. The van der Waals surface area contributed by atoms with Crippen molar-refractivity contribution in [2.45, 2.75) is 51.9 Å². The van der Waals surface area contributed by atoms with Crippen molar-refractivity contribution in [1.29, 1.82) is 0 Å². The maximum absolute atomic E-state index is 12.4. The van der Waals surface area contributed by atoms with E-state index in [0.717, 1.165) is 48.8 Å². The smallest absolute Gasteiger partial charge is 0.161 e. The zero-order valence-corrected chi connectivity index (χ0v) is 18.4. The van der Waals surface area contributed by atoms with Gasteiger partial charge in [-0.1, -0.05) is 42.5 Å². The lowest BCUT2D eigenvalue weighted by atomic mass is 9.85. The topological polar surface area (TPSA) is 83.8 Å². The minimum Gasteiger partial charge on any atom is -0.504 e. The first kappa shape index (κ1) is 22.2. The standard InChI is InChI=1S/C24H30O5S/c1-17-16-30(27,28)14-6-4-3-5-7-22(18(17)2)19-8-10-20(11-9-19)29-21-12-13-23(25)24(26)15-21/h8-13,15,22,25-26H,3-7,14,16H2,1-2H3/b18-17+. The lowest BCUT2D eigenvalue weighted by molar-refractivity contribution is 0.398. The Balaban J connectivity index is 1.82. The molecule has 1 aliphatic heterocycles. The molecule has 2 aromatic rings. The highest BCUT2D eigenvalue weighted by atomic mass is 32.2. The fourth-order valence-corrected chi connectivity index (χ4v) is 5.62. The van der Waals surface area contributed by atoms with E-state index in [0.29, 0.717) is 11.5 Å². The van der Waals surface area contributed by atoms with Gasteiger partial charge >= 0.3 is 0 Å². The fourth-order valence-electron chi connectivity index (χ4n) is 3.94. The maximum Gasteiger partial charge on any atom is 0.161 e. The molecule has 0 saturated heterocycles. The van der Waals surface area contributed by atoms with Crippen LogP contribution in [-0.2, 0) is 9.84 Å². The Morgan fingerprint density at radius 2 is 1.53 bits per heavy atom. The van der Waals surface area contributed by atoms with Crippen molar-refractivity contribution < 1.29 is 23.4 Å². The van der Waals surface area contributed by atoms with Crippen LogP contribution in [0.3, 0.4) is 0 Å². The molecule has 1 atom stereocenters. The minimum absolute atomic E-state index is 0.140. The van der Waals surface area contributed by atoms with Gasteiger partial charge in [-0.3, -0.25) is 0 Å². The molecule has 1 heterocycles. The molecule has 5 nitrogen and oxygen atoms in total. The van der Waals surface area contributed by atoms with Gasteiger partial charge < -0.3 is 14.9 Å². The number of rotatable bonds is 3. The van der Waals surface area contributed by atoms with E-state index in [1.165, 1.54) is 12.1 Å². The molecule has 0 aliphatic carbocycles. The summed E-state index contributed by atoms with van der Waals surface area (Å²) in [6.45, 7) is 3.99. The molecule has 3 rings (SSSR count). The highest BCUT2D eigenvalue weighted by Gasteiger charge is 2.20. The molecule has 2 aromatic carbocycles. The zero-order chi connectivity index (χ0) is 21.7. The second kappa shape index (κ2) is 9.56. The molecule has 0 bridgehead atoms. The van der Waals surface area contributed by atoms with Crippen LogP contribution < -0.4 is 4.74 Å². The van der Waals surface area contributed by atoms with Crippen LogP contribution in [0, 0.1) is 0 Å². The maximum atomic E-state index is 12.4. The first-order chi connectivity index (χ1) is 14.2. The van der Waals surface area contributed by atoms with E-state index in [9.17, 15) is 18.6 Å². The first-order valence-corrected chi connectivity index (χ1v) is 12.2. The molecule has 0 amide bonds. The Labute approximate surface area is 178 Å². The number of hydrogen-bond acceptors (Lipinski definition) is 5. The van der Waals surface area contributed by atoms with Crippen LogP contribution in [0.5, 0.6) is 23.0 Å². The van der Waals surface area contributed by atoms with Crippen molar-refractivity contribution in [3.8, 4) is 23.0 Å². The molecule has 0 spiro atoms. The van der Waals surface area contributed by atoms with E-state index >= 15 is 0 Å². The summed E-state index contributed by atoms with van der Waals surface area (Å²) >= 11 is 0. The van der Waals surface area contributed by atoms with Gasteiger partial charge in [0.25, 0.3) is 0 Å². The Hall–Kier alpha value is -2.47. The number of allylic oxidation sites excluding steroid dienone is 1. The van der Waals surface area contributed by atoms with Crippen molar-refractivity contribution in [2.24, 2.45) is 0 Å². The Morgan fingerprint density at radius 1 is 0.867 bits per heavy atom. The van der Waals surface area contributed by atoms with Crippen molar-refractivity contribution in [3.63, 3.8) is 0 Å². The summed E-state index contributed by atoms with van der Waals surface area (Å²) < 4.78 is 30.5. The number of aromatic hydroxyl groups is 2. The number of phenols is 2. The largest absolute Gasteiger partial charge is 0.504 e. The molecular weight excluding hydrogens is 400 g/mol. The highest BCUT2D eigenvalue weighted by Crippen LogP contribution is 2.35. The molecule has 0 radical (unpaired) electrons. The summed E-state index contributed by atoms with van der Waals surface area (Å²) in [4.78, 5) is 0. The third-order valence-electron chi connectivity index (χ3n) is 5.80. The number of benzene rings is 2. The summed E-state index contributed by atoms with van der Waals surface area (Å²) in [7, 11) is -3.05. The zero-order valence-electron chi connectivity index (χ0n) is 17.6. The summed E-state index contributed by atoms with van der Waals surface area (Å²) in [5.74, 6) is 1.25. The Morgan fingerprint density at radius 3 is 2.23 bits per heavy atom. The van der Waals surface area contributed by atoms with Gasteiger partial charge in [-0.25, -0.2) is 8.42 Å². The molecule has 30 heavy (non-hydrogen) atoms. The van der Waals surface area contributed by atoms with Gasteiger partial charge in [-0.05, 0) is 56.5 Å². The summed E-state index contributed by atoms with van der Waals surface area (Å²) in [5.41, 5.74) is 3.23. The van der Waals surface area contributed by atoms with Gasteiger partial charge in [0.05, 0.1) is 11.5 Å². The quantitative estimate of drug-likeness (QED) is 0.483. The fraction of sp³-hybridized carbons (Fsp3) is 0.417. The van der Waals surface area contributed by atoms with E-state index < -0.39 is 9.84 Å². The monoisotopic (exact) mass is 430 g/mol. The second-order valence-electron chi connectivity index (χ2n) is 8.13. The van der Waals surface area contributed by atoms with Crippen LogP contribution in [0.1, 0.15) is 57.4 Å². The normalized spacial score (nSPS) is 22.8. The number of ether oxygens (including phenoxy) is 1. The van der Waals surface area contributed by atoms with Crippen LogP contribution >= 0.6 is 0 Å². The average molecular weight is 431 g/mol. The number of sulfone groups is 1. The van der Waals surface area contributed by atoms with E-state index in [1.807, 2.05) is 31.2 Å². The number of hydrogen-bond donors (Lipinski definition) is 2. The van der Waals surface area contributed by atoms with Crippen LogP contribution in [0.2, 0.25) is 0 Å². The summed E-state index contributed by atoms with van der Waals surface area (Å²) in [6, 6.07) is 12.1. The Bertz CT molecular complexity index is 1010. The lowest BCUT2D eigenvalue weighted by Gasteiger charge is -2.21. The summed E-state index contributed by atoms with van der Waals surface area (Å²) in [6.07, 6.45) is 4.81. The van der Waals surface area contributed by atoms with E-state index in [2.05, 4.69) is 6.92 Å². The lowest BCUT2D eigenvalue weighted by Crippen LogP contribution is -2.13. The predicted octanol–water partition coefficient (Wildman–Crippen LogP) is 5.69. The molecule has 0 saturated carbocycles. The molecule has 162 valence electrons. The molecule has 6 heteroatoms. The predicted molar refractivity (Wildman–Crippen MR) is 119 cm³/mol. The van der Waals surface area contributed by atoms with Gasteiger partial charge in [0.1, 0.15) is 11.5 Å². The molecular formula is C24H30O5S. The second-order valence-corrected chi connectivity index (χ2v) is 10.3. The molecule has 1 unspecified atom stereocenters.